The van der Waals surface area contributed by atoms with E-state index in [0.29, 0.717) is 22.7 Å². The second-order valence-corrected chi connectivity index (χ2v) is 14.5. The Bertz CT molecular complexity index is 1100. The number of nitrogens with zero attached hydrogens (tertiary/aromatic N) is 1. The number of hydrogen-bond acceptors (Lipinski definition) is 4. The highest BCUT2D eigenvalue weighted by Crippen LogP contribution is 2.69. The van der Waals surface area contributed by atoms with Crippen molar-refractivity contribution in [1.82, 2.24) is 4.83 Å². The lowest BCUT2D eigenvalue weighted by atomic mass is 9.43. The van der Waals surface area contributed by atoms with E-state index in [2.05, 4.69) is 16.9 Å². The number of aliphatic hydroxyl groups excluding tert-OH is 1. The number of hydrazone groups is 1. The van der Waals surface area contributed by atoms with E-state index in [0.717, 1.165) is 61.1 Å². The Morgan fingerprint density at radius 2 is 1.77 bits per heavy atom. The van der Waals surface area contributed by atoms with Gasteiger partial charge in [-0.3, -0.25) is 0 Å². The third-order valence-corrected chi connectivity index (χ3v) is 12.7. The molecular weight excluding hydrogens is 456 g/mol. The van der Waals surface area contributed by atoms with Crippen LogP contribution in [0.25, 0.3) is 0 Å². The van der Waals surface area contributed by atoms with Crippen molar-refractivity contribution in [3.05, 3.63) is 29.8 Å². The molecular formula is C29H42N2O3S. The maximum absolute atomic E-state index is 12.9. The minimum atomic E-state index is -3.64. The first-order valence-electron chi connectivity index (χ1n) is 14.1. The highest BCUT2D eigenvalue weighted by molar-refractivity contribution is 7.89. The van der Waals surface area contributed by atoms with E-state index >= 15 is 0 Å². The minimum absolute atomic E-state index is 0.0868. The fourth-order valence-corrected chi connectivity index (χ4v) is 10.7. The molecule has 0 saturated heterocycles. The van der Waals surface area contributed by atoms with Crippen LogP contribution in [0.1, 0.15) is 89.5 Å². The molecule has 8 atom stereocenters. The van der Waals surface area contributed by atoms with Gasteiger partial charge in [0.2, 0.25) is 0 Å². The van der Waals surface area contributed by atoms with Crippen molar-refractivity contribution < 1.29 is 13.5 Å². The van der Waals surface area contributed by atoms with E-state index in [1.165, 1.54) is 44.9 Å². The highest BCUT2D eigenvalue weighted by atomic mass is 32.2. The van der Waals surface area contributed by atoms with Crippen LogP contribution in [-0.4, -0.2) is 25.3 Å². The molecule has 5 fully saturated rings. The summed E-state index contributed by atoms with van der Waals surface area (Å²) in [6, 6.07) is 6.99. The third-order valence-electron chi connectivity index (χ3n) is 11.5. The fourth-order valence-electron chi connectivity index (χ4n) is 9.82. The van der Waals surface area contributed by atoms with Crippen LogP contribution in [0, 0.1) is 47.3 Å². The third kappa shape index (κ3) is 3.80. The average Bonchev–Trinajstić information content (AvgIpc) is 3.24. The Kier molecular flexibility index (Phi) is 5.87. The summed E-state index contributed by atoms with van der Waals surface area (Å²) in [4.78, 5) is 2.89. The van der Waals surface area contributed by atoms with Crippen molar-refractivity contribution >= 4 is 15.7 Å². The molecule has 5 aliphatic carbocycles. The molecule has 1 spiro atoms. The summed E-state index contributed by atoms with van der Waals surface area (Å²) in [7, 11) is -3.64. The van der Waals surface area contributed by atoms with Crippen molar-refractivity contribution in [3.8, 4) is 0 Å². The van der Waals surface area contributed by atoms with Crippen LogP contribution >= 0.6 is 0 Å². The van der Waals surface area contributed by atoms with Crippen LogP contribution in [0.4, 0.5) is 0 Å². The highest BCUT2D eigenvalue weighted by Gasteiger charge is 2.62. The van der Waals surface area contributed by atoms with E-state index in [9.17, 15) is 13.5 Å². The minimum Gasteiger partial charge on any atom is -0.393 e. The smallest absolute Gasteiger partial charge is 0.276 e. The molecule has 192 valence electrons. The predicted molar refractivity (Wildman–Crippen MR) is 138 cm³/mol. The van der Waals surface area contributed by atoms with Gasteiger partial charge in [-0.15, -0.1) is 0 Å². The Morgan fingerprint density at radius 3 is 2.57 bits per heavy atom. The lowest BCUT2D eigenvalue weighted by molar-refractivity contribution is -0.130. The zero-order chi connectivity index (χ0) is 24.4. The Labute approximate surface area is 211 Å². The zero-order valence-electron chi connectivity index (χ0n) is 21.4. The summed E-state index contributed by atoms with van der Waals surface area (Å²) in [6.45, 7) is 4.51. The van der Waals surface area contributed by atoms with E-state index in [1.54, 1.807) is 12.1 Å². The second-order valence-electron chi connectivity index (χ2n) is 12.9. The molecule has 1 unspecified atom stereocenters. The number of sulfonamides is 1. The summed E-state index contributed by atoms with van der Waals surface area (Å²) < 4.78 is 25.8. The van der Waals surface area contributed by atoms with Crippen LogP contribution in [0.3, 0.4) is 0 Å². The maximum Gasteiger partial charge on any atom is 0.276 e. The summed E-state index contributed by atoms with van der Waals surface area (Å²) in [5, 5.41) is 14.9. The molecule has 5 aliphatic rings. The lowest BCUT2D eigenvalue weighted by Gasteiger charge is -2.62. The fraction of sp³-hybridized carbons (Fsp3) is 0.759. The molecule has 0 radical (unpaired) electrons. The molecule has 0 aliphatic heterocycles. The second kappa shape index (κ2) is 8.58. The van der Waals surface area contributed by atoms with E-state index in [1.807, 2.05) is 19.1 Å². The molecule has 5 saturated carbocycles. The molecule has 1 aromatic carbocycles. The van der Waals surface area contributed by atoms with Crippen molar-refractivity contribution in [2.24, 2.45) is 45.5 Å². The molecule has 5 nitrogen and oxygen atoms in total. The molecule has 1 aromatic rings. The summed E-state index contributed by atoms with van der Waals surface area (Å²) >= 11 is 0. The zero-order valence-corrected chi connectivity index (χ0v) is 22.2. The van der Waals surface area contributed by atoms with Gasteiger partial charge in [0.1, 0.15) is 0 Å². The van der Waals surface area contributed by atoms with Crippen LogP contribution < -0.4 is 4.83 Å². The first-order chi connectivity index (χ1) is 16.7. The largest absolute Gasteiger partial charge is 0.393 e. The van der Waals surface area contributed by atoms with Crippen LogP contribution in [0.15, 0.2) is 34.3 Å². The van der Waals surface area contributed by atoms with Gasteiger partial charge in [0.25, 0.3) is 10.0 Å². The maximum atomic E-state index is 12.9. The number of benzene rings is 1. The predicted octanol–water partition coefficient (Wildman–Crippen LogP) is 5.81. The van der Waals surface area contributed by atoms with Gasteiger partial charge in [-0.05, 0) is 131 Å². The van der Waals surface area contributed by atoms with Gasteiger partial charge < -0.3 is 5.11 Å². The van der Waals surface area contributed by atoms with Gasteiger partial charge in [-0.1, -0.05) is 24.6 Å². The Balaban J connectivity index is 1.23. The molecule has 6 heteroatoms. The molecule has 35 heavy (non-hydrogen) atoms. The van der Waals surface area contributed by atoms with Gasteiger partial charge in [-0.2, -0.15) is 13.5 Å². The summed E-state index contributed by atoms with van der Waals surface area (Å²) in [6.07, 6.45) is 14.1. The number of hydrogen-bond donors (Lipinski definition) is 2. The van der Waals surface area contributed by atoms with Crippen molar-refractivity contribution in [2.45, 2.75) is 102 Å². The molecule has 0 heterocycles. The molecule has 0 bridgehead atoms. The van der Waals surface area contributed by atoms with E-state index in [-0.39, 0.29) is 11.0 Å². The number of aliphatic hydroxyl groups is 1. The van der Waals surface area contributed by atoms with Gasteiger partial charge in [0, 0.05) is 11.6 Å². The molecule has 0 aromatic heterocycles. The average molecular weight is 499 g/mol. The topological polar surface area (TPSA) is 78.8 Å². The first kappa shape index (κ1) is 24.0. The SMILES string of the molecule is Cc1ccc(S(=O)(=O)N/N=C2\CCCC34CC[C@H]5[C@@H](CC[C@H]6C[C@H](O)CC[C@@]65C)[C@@H]3CC[C@H]24)cc1. The molecule has 0 amide bonds. The Morgan fingerprint density at radius 1 is 0.971 bits per heavy atom. The van der Waals surface area contributed by atoms with Crippen LogP contribution in [0.5, 0.6) is 0 Å². The number of rotatable bonds is 3. The number of nitrogens with one attached hydrogen (secondary N) is 1. The van der Waals surface area contributed by atoms with Crippen molar-refractivity contribution in [2.75, 3.05) is 0 Å². The monoisotopic (exact) mass is 498 g/mol. The molecule has 2 N–H and O–H groups in total. The summed E-state index contributed by atoms with van der Waals surface area (Å²) in [5.74, 6) is 3.48. The number of aryl methyl sites for hydroxylation is 1. The van der Waals surface area contributed by atoms with Crippen LogP contribution in [-0.2, 0) is 10.0 Å². The van der Waals surface area contributed by atoms with Gasteiger partial charge in [-0.25, -0.2) is 4.83 Å². The van der Waals surface area contributed by atoms with Crippen LogP contribution in [0.2, 0.25) is 0 Å². The van der Waals surface area contributed by atoms with Crippen molar-refractivity contribution in [3.63, 3.8) is 0 Å². The van der Waals surface area contributed by atoms with E-state index in [4.69, 9.17) is 0 Å². The lowest BCUT2D eigenvalue weighted by Crippen LogP contribution is -2.55. The van der Waals surface area contributed by atoms with Crippen molar-refractivity contribution in [1.29, 1.82) is 0 Å². The van der Waals surface area contributed by atoms with Gasteiger partial charge in [0.05, 0.1) is 11.0 Å². The Hall–Kier alpha value is -1.40. The normalized spacial score (nSPS) is 44.1. The van der Waals surface area contributed by atoms with Gasteiger partial charge in [0.15, 0.2) is 0 Å². The standard InChI is InChI=1S/C29H42N2O3S/c1-19-5-8-22(9-6-19)35(33,34)31-30-27-4-3-15-29-17-14-24-23(25(29)11-12-26(27)29)10-7-20-18-21(32)13-16-28(20,24)2/h5-6,8-9,20-21,23-26,31-32H,3-4,7,10-18H2,1-2H3/b30-27+/t20-,21+,23+,24-,25-,26+,28-,29?/m0/s1. The van der Waals surface area contributed by atoms with Gasteiger partial charge >= 0.3 is 0 Å². The summed E-state index contributed by atoms with van der Waals surface area (Å²) in [5.41, 5.74) is 2.88. The van der Waals surface area contributed by atoms with E-state index < -0.39 is 10.0 Å². The first-order valence-corrected chi connectivity index (χ1v) is 15.5. The number of fused-ring (bicyclic) bond motifs is 4. The molecule has 6 rings (SSSR count). The quantitative estimate of drug-likeness (QED) is 0.516.